The number of nitrogens with one attached hydrogen (secondary N) is 3. The summed E-state index contributed by atoms with van der Waals surface area (Å²) in [6.07, 6.45) is 3.51. The van der Waals surface area contributed by atoms with E-state index in [1.54, 1.807) is 18.5 Å². The zero-order valence-electron chi connectivity index (χ0n) is 19.3. The van der Waals surface area contributed by atoms with Gasteiger partial charge in [-0.05, 0) is 45.9 Å². The largest absolute Gasteiger partial charge is 0.372 e. The summed E-state index contributed by atoms with van der Waals surface area (Å²) in [7, 11) is 0. The molecule has 0 spiro atoms. The van der Waals surface area contributed by atoms with Crippen LogP contribution in [0.3, 0.4) is 0 Å². The number of pyridine rings is 1. The molecule has 0 aliphatic carbocycles. The van der Waals surface area contributed by atoms with Crippen LogP contribution in [0, 0.1) is 0 Å². The number of aromatic amines is 1. The minimum Gasteiger partial charge on any atom is -0.372 e. The van der Waals surface area contributed by atoms with Gasteiger partial charge < -0.3 is 20.4 Å². The summed E-state index contributed by atoms with van der Waals surface area (Å²) in [5.41, 5.74) is 1.94. The molecule has 1 saturated heterocycles. The van der Waals surface area contributed by atoms with E-state index in [0.29, 0.717) is 30.4 Å². The minimum absolute atomic E-state index is 0.0637. The molecule has 1 fully saturated rings. The predicted molar refractivity (Wildman–Crippen MR) is 132 cm³/mol. The van der Waals surface area contributed by atoms with Crippen molar-refractivity contribution in [3.63, 3.8) is 0 Å². The van der Waals surface area contributed by atoms with Gasteiger partial charge in [-0.2, -0.15) is 0 Å². The van der Waals surface area contributed by atoms with Crippen molar-refractivity contribution in [3.8, 4) is 0 Å². The lowest BCUT2D eigenvalue weighted by Gasteiger charge is -2.43. The van der Waals surface area contributed by atoms with Crippen molar-refractivity contribution in [1.82, 2.24) is 20.2 Å². The number of carbonyl (C=O) groups is 1. The lowest BCUT2D eigenvalue weighted by atomic mass is 10.0. The molecule has 0 saturated carbocycles. The molecule has 2 aliphatic heterocycles. The summed E-state index contributed by atoms with van der Waals surface area (Å²) in [5, 5.41) is 9.08. The maximum absolute atomic E-state index is 13.5. The van der Waals surface area contributed by atoms with Crippen molar-refractivity contribution in [2.75, 3.05) is 31.6 Å². The number of H-pyrrole nitrogens is 1. The number of ether oxygens (including phenoxy) is 1. The molecule has 0 unspecified atom stereocenters. The third-order valence-electron chi connectivity index (χ3n) is 6.19. The number of anilines is 1. The van der Waals surface area contributed by atoms with E-state index in [0.717, 1.165) is 34.2 Å². The van der Waals surface area contributed by atoms with E-state index in [1.165, 1.54) is 0 Å². The average Bonchev–Trinajstić information content (AvgIpc) is 3.27. The molecule has 9 heteroatoms. The van der Waals surface area contributed by atoms with Crippen LogP contribution in [-0.2, 0) is 9.53 Å². The van der Waals surface area contributed by atoms with Crippen LogP contribution >= 0.6 is 11.6 Å². The van der Waals surface area contributed by atoms with Gasteiger partial charge in [0.05, 0.1) is 53.8 Å². The maximum atomic E-state index is 13.5. The van der Waals surface area contributed by atoms with Crippen LogP contribution < -0.4 is 10.6 Å². The predicted octanol–water partition coefficient (Wildman–Crippen LogP) is 3.57. The van der Waals surface area contributed by atoms with Gasteiger partial charge in [-0.15, -0.1) is 0 Å². The third-order valence-corrected chi connectivity index (χ3v) is 6.41. The maximum Gasteiger partial charge on any atom is 0.244 e. The molecule has 1 aromatic carbocycles. The molecule has 3 N–H and O–H groups in total. The number of hydrogen-bond donors (Lipinski definition) is 3. The van der Waals surface area contributed by atoms with Crippen LogP contribution in [0.5, 0.6) is 0 Å². The first-order chi connectivity index (χ1) is 15.6. The number of rotatable bonds is 4. The smallest absolute Gasteiger partial charge is 0.244 e. The molecule has 33 heavy (non-hydrogen) atoms. The normalized spacial score (nSPS) is 22.3. The van der Waals surface area contributed by atoms with E-state index in [4.69, 9.17) is 16.3 Å². The number of carbonyl (C=O) groups excluding carboxylic acids is 1. The topological polar surface area (TPSA) is 94.6 Å². The zero-order chi connectivity index (χ0) is 23.4. The van der Waals surface area contributed by atoms with E-state index >= 15 is 0 Å². The standard InChI is InChI=1S/C24H29ClN6O2/c1-23(2)12-27-20(30-23)10-31-13-24(3,4)33-11-19(31)22(32)29-17-8-14(25)7-16-15-5-6-26-9-18(15)28-21(16)17/h5-9,19,28H,10-13H2,1-4H3,(H,27,30)(H,29,32)/t19-/m0/s1. The van der Waals surface area contributed by atoms with Gasteiger partial charge in [0.15, 0.2) is 0 Å². The number of benzene rings is 1. The fourth-order valence-electron chi connectivity index (χ4n) is 4.64. The SMILES string of the molecule is CC1(C)CN=C(CN2CC(C)(C)OC[C@H]2C(=O)Nc2cc(Cl)cc3c2[nH]c2cnccc23)N1. The van der Waals surface area contributed by atoms with Gasteiger partial charge >= 0.3 is 0 Å². The number of halogens is 1. The number of nitrogens with zero attached hydrogens (tertiary/aromatic N) is 3. The highest BCUT2D eigenvalue weighted by Crippen LogP contribution is 2.33. The molecule has 0 bridgehead atoms. The average molecular weight is 469 g/mol. The highest BCUT2D eigenvalue weighted by atomic mass is 35.5. The van der Waals surface area contributed by atoms with E-state index in [2.05, 4.69) is 44.3 Å². The Labute approximate surface area is 197 Å². The second kappa shape index (κ2) is 7.97. The van der Waals surface area contributed by atoms with Gasteiger partial charge in [0.2, 0.25) is 5.91 Å². The summed E-state index contributed by atoms with van der Waals surface area (Å²) in [4.78, 5) is 27.8. The Hall–Kier alpha value is -2.68. The van der Waals surface area contributed by atoms with Gasteiger partial charge in [-0.25, -0.2) is 0 Å². The van der Waals surface area contributed by atoms with Crippen molar-refractivity contribution < 1.29 is 9.53 Å². The van der Waals surface area contributed by atoms with E-state index < -0.39 is 6.04 Å². The van der Waals surface area contributed by atoms with Crippen molar-refractivity contribution in [1.29, 1.82) is 0 Å². The van der Waals surface area contributed by atoms with Gasteiger partial charge in [-0.3, -0.25) is 19.7 Å². The molecule has 5 rings (SSSR count). The fraction of sp³-hybridized carbons (Fsp3) is 0.458. The highest BCUT2D eigenvalue weighted by molar-refractivity contribution is 6.33. The number of amides is 1. The van der Waals surface area contributed by atoms with E-state index in [9.17, 15) is 4.79 Å². The first-order valence-electron chi connectivity index (χ1n) is 11.2. The molecule has 174 valence electrons. The number of fused-ring (bicyclic) bond motifs is 3. The zero-order valence-corrected chi connectivity index (χ0v) is 20.1. The molecule has 2 aliphatic rings. The monoisotopic (exact) mass is 468 g/mol. The van der Waals surface area contributed by atoms with Crippen molar-refractivity contribution in [3.05, 3.63) is 35.6 Å². The van der Waals surface area contributed by atoms with Crippen LogP contribution in [0.15, 0.2) is 35.6 Å². The summed E-state index contributed by atoms with van der Waals surface area (Å²) in [5.74, 6) is 0.771. The van der Waals surface area contributed by atoms with Crippen LogP contribution in [0.1, 0.15) is 27.7 Å². The molecular formula is C24H29ClN6O2. The number of aromatic nitrogens is 2. The van der Waals surface area contributed by atoms with Crippen molar-refractivity contribution in [2.45, 2.75) is 44.9 Å². The van der Waals surface area contributed by atoms with Gasteiger partial charge in [0.1, 0.15) is 11.9 Å². The second-order valence-electron chi connectivity index (χ2n) is 10.2. The highest BCUT2D eigenvalue weighted by Gasteiger charge is 2.39. The fourth-order valence-corrected chi connectivity index (χ4v) is 4.86. The van der Waals surface area contributed by atoms with Crippen LogP contribution in [-0.4, -0.2) is 70.0 Å². The van der Waals surface area contributed by atoms with Crippen LogP contribution in [0.4, 0.5) is 5.69 Å². The van der Waals surface area contributed by atoms with Gasteiger partial charge in [-0.1, -0.05) is 11.6 Å². The summed E-state index contributed by atoms with van der Waals surface area (Å²) in [6, 6.07) is 5.15. The van der Waals surface area contributed by atoms with Gasteiger partial charge in [0, 0.05) is 28.5 Å². The Bertz CT molecular complexity index is 1260. The molecule has 4 heterocycles. The third kappa shape index (κ3) is 4.43. The van der Waals surface area contributed by atoms with Gasteiger partial charge in [0.25, 0.3) is 0 Å². The Morgan fingerprint density at radius 1 is 1.30 bits per heavy atom. The first kappa shape index (κ1) is 22.1. The molecule has 3 aromatic rings. The summed E-state index contributed by atoms with van der Waals surface area (Å²) >= 11 is 6.42. The second-order valence-corrected chi connectivity index (χ2v) is 10.6. The Morgan fingerprint density at radius 3 is 2.88 bits per heavy atom. The van der Waals surface area contributed by atoms with Crippen molar-refractivity contribution in [2.24, 2.45) is 4.99 Å². The summed E-state index contributed by atoms with van der Waals surface area (Å²) in [6.45, 7) is 10.5. The Balaban J connectivity index is 1.42. The molecule has 1 atom stereocenters. The Morgan fingerprint density at radius 2 is 2.12 bits per heavy atom. The molecule has 2 aromatic heterocycles. The number of morpholine rings is 1. The van der Waals surface area contributed by atoms with E-state index in [-0.39, 0.29) is 17.0 Å². The lowest BCUT2D eigenvalue weighted by molar-refractivity contribution is -0.141. The quantitative estimate of drug-likeness (QED) is 0.544. The lowest BCUT2D eigenvalue weighted by Crippen LogP contribution is -2.60. The molecular weight excluding hydrogens is 440 g/mol. The molecule has 0 radical (unpaired) electrons. The number of aliphatic imine (C=N–C) groups is 1. The molecule has 8 nitrogen and oxygen atoms in total. The minimum atomic E-state index is -0.452. The number of hydrogen-bond acceptors (Lipinski definition) is 6. The summed E-state index contributed by atoms with van der Waals surface area (Å²) < 4.78 is 6.03. The van der Waals surface area contributed by atoms with E-state index in [1.807, 2.05) is 26.0 Å². The first-order valence-corrected chi connectivity index (χ1v) is 11.5. The van der Waals surface area contributed by atoms with Crippen LogP contribution in [0.2, 0.25) is 5.02 Å². The molecule has 1 amide bonds. The number of amidine groups is 1. The Kier molecular flexibility index (Phi) is 5.34. The van der Waals surface area contributed by atoms with Crippen LogP contribution in [0.25, 0.3) is 21.8 Å². The van der Waals surface area contributed by atoms with Crippen molar-refractivity contribution >= 4 is 50.8 Å².